The van der Waals surface area contributed by atoms with Crippen molar-refractivity contribution in [2.45, 2.75) is 32.2 Å². The summed E-state index contributed by atoms with van der Waals surface area (Å²) in [6, 6.07) is 0. The van der Waals surface area contributed by atoms with Crippen LogP contribution in [-0.2, 0) is 9.53 Å². The number of rotatable bonds is 7. The van der Waals surface area contributed by atoms with Crippen LogP contribution < -0.4 is 0 Å². The molecule has 0 aromatic rings. The van der Waals surface area contributed by atoms with E-state index in [1.807, 2.05) is 13.8 Å². The molecule has 4 nitrogen and oxygen atoms in total. The number of hydrogen-bond acceptors (Lipinski definition) is 4. The summed E-state index contributed by atoms with van der Waals surface area (Å²) in [5, 5.41) is 7.81. The van der Waals surface area contributed by atoms with E-state index < -0.39 is 5.54 Å². The van der Waals surface area contributed by atoms with Gasteiger partial charge in [0.05, 0.1) is 0 Å². The van der Waals surface area contributed by atoms with Gasteiger partial charge in [-0.05, 0) is 0 Å². The average molecular weight is 222 g/mol. The zero-order valence-corrected chi connectivity index (χ0v) is 10.3. The number of carbonyl (C=O) groups is 1. The van der Waals surface area contributed by atoms with Crippen LogP contribution in [0.15, 0.2) is 22.8 Å². The zero-order valence-electron chi connectivity index (χ0n) is 10.3. The molecule has 0 aliphatic carbocycles. The Morgan fingerprint density at radius 1 is 1.69 bits per heavy atom. The van der Waals surface area contributed by atoms with E-state index in [1.54, 1.807) is 6.08 Å². The SMILES string of the molecule is C=BN=N[C@](CC=C)(C(=O)OC)C(C)CC. The average Bonchev–Trinajstić information content (AvgIpc) is 2.32. The topological polar surface area (TPSA) is 51.0 Å². The van der Waals surface area contributed by atoms with Gasteiger partial charge >= 0.3 is 97.1 Å². The van der Waals surface area contributed by atoms with Gasteiger partial charge in [0.25, 0.3) is 0 Å². The van der Waals surface area contributed by atoms with E-state index >= 15 is 0 Å². The Morgan fingerprint density at radius 3 is 2.69 bits per heavy atom. The Hall–Kier alpha value is -1.26. The monoisotopic (exact) mass is 222 g/mol. The molecule has 1 unspecified atom stereocenters. The number of ether oxygens (including phenoxy) is 1. The summed E-state index contributed by atoms with van der Waals surface area (Å²) in [5.41, 5.74) is -0.973. The summed E-state index contributed by atoms with van der Waals surface area (Å²) in [7, 11) is 2.66. The van der Waals surface area contributed by atoms with Crippen molar-refractivity contribution >= 4 is 19.5 Å². The normalized spacial score (nSPS) is 16.2. The molecule has 0 bridgehead atoms. The maximum absolute atomic E-state index is 11.9. The summed E-state index contributed by atoms with van der Waals surface area (Å²) in [6.45, 7) is 11.0. The van der Waals surface area contributed by atoms with Crippen LogP contribution in [0, 0.1) is 5.92 Å². The van der Waals surface area contributed by atoms with Crippen molar-refractivity contribution in [3.05, 3.63) is 12.7 Å². The first kappa shape index (κ1) is 14.7. The van der Waals surface area contributed by atoms with Crippen LogP contribution in [0.5, 0.6) is 0 Å². The standard InChI is InChI=1S/C11H19BN2O2/c1-6-8-11(9(3)7-2,10(15)16-5)13-14-12-4/h6,9H,1,4,7-8H2,2-3,5H3/t9?,11-/m0/s1. The molecule has 0 aliphatic heterocycles. The Labute approximate surface area is 97.7 Å². The van der Waals surface area contributed by atoms with Gasteiger partial charge in [-0.1, -0.05) is 0 Å². The first-order valence-electron chi connectivity index (χ1n) is 5.31. The van der Waals surface area contributed by atoms with Crippen LogP contribution >= 0.6 is 0 Å². The molecule has 0 aromatic heterocycles. The van der Waals surface area contributed by atoms with Gasteiger partial charge in [0.1, 0.15) is 0 Å². The van der Waals surface area contributed by atoms with Crippen LogP contribution in [0.1, 0.15) is 26.7 Å². The minimum absolute atomic E-state index is 0.0293. The first-order valence-corrected chi connectivity index (χ1v) is 5.31. The summed E-state index contributed by atoms with van der Waals surface area (Å²) < 4.78 is 4.81. The van der Waals surface area contributed by atoms with E-state index in [4.69, 9.17) is 4.74 Å². The Balaban J connectivity index is 5.35. The molecule has 5 heteroatoms. The zero-order chi connectivity index (χ0) is 12.6. The van der Waals surface area contributed by atoms with Gasteiger partial charge in [-0.2, -0.15) is 0 Å². The molecule has 0 fully saturated rings. The molecule has 0 rings (SSSR count). The second-order valence-corrected chi connectivity index (χ2v) is 3.62. The molecule has 2 atom stereocenters. The van der Waals surface area contributed by atoms with Crippen molar-refractivity contribution in [3.8, 4) is 0 Å². The van der Waals surface area contributed by atoms with Crippen LogP contribution in [0.2, 0.25) is 0 Å². The quantitative estimate of drug-likeness (QED) is 0.286. The fourth-order valence-electron chi connectivity index (χ4n) is 1.54. The third-order valence-electron chi connectivity index (χ3n) is 2.74. The molecule has 88 valence electrons. The number of methoxy groups -OCH3 is 1. The number of carbonyl (C=O) groups excluding carboxylic acids is 1. The third kappa shape index (κ3) is 3.12. The molecular weight excluding hydrogens is 203 g/mol. The minimum atomic E-state index is -0.973. The molecule has 0 saturated heterocycles. The Bertz CT molecular complexity index is 292. The number of esters is 1. The summed E-state index contributed by atoms with van der Waals surface area (Å²) in [4.78, 5) is 11.9. The third-order valence-corrected chi connectivity index (χ3v) is 2.74. The van der Waals surface area contributed by atoms with Gasteiger partial charge in [0, 0.05) is 0 Å². The predicted octanol–water partition coefficient (Wildman–Crippen LogP) is 2.02. The van der Waals surface area contributed by atoms with Crippen molar-refractivity contribution in [1.82, 2.24) is 0 Å². The van der Waals surface area contributed by atoms with Crippen LogP contribution in [0.4, 0.5) is 0 Å². The Morgan fingerprint density at radius 2 is 2.31 bits per heavy atom. The first-order chi connectivity index (χ1) is 7.58. The predicted molar refractivity (Wildman–Crippen MR) is 66.7 cm³/mol. The molecule has 0 spiro atoms. The van der Waals surface area contributed by atoms with Gasteiger partial charge in [-0.15, -0.1) is 0 Å². The van der Waals surface area contributed by atoms with Gasteiger partial charge in [-0.25, -0.2) is 0 Å². The van der Waals surface area contributed by atoms with Crippen molar-refractivity contribution in [2.24, 2.45) is 16.1 Å². The number of nitrogens with zero attached hydrogens (tertiary/aromatic N) is 2. The van der Waals surface area contributed by atoms with E-state index in [9.17, 15) is 4.79 Å². The molecule has 0 heterocycles. The second-order valence-electron chi connectivity index (χ2n) is 3.62. The summed E-state index contributed by atoms with van der Waals surface area (Å²) >= 11 is 0. The molecule has 0 aliphatic rings. The van der Waals surface area contributed by atoms with Gasteiger partial charge in [0.15, 0.2) is 0 Å². The van der Waals surface area contributed by atoms with E-state index in [0.29, 0.717) is 6.42 Å². The molecule has 0 radical (unpaired) electrons. The van der Waals surface area contributed by atoms with Gasteiger partial charge < -0.3 is 0 Å². The van der Waals surface area contributed by atoms with Crippen molar-refractivity contribution in [3.63, 3.8) is 0 Å². The molecule has 0 saturated carbocycles. The summed E-state index contributed by atoms with van der Waals surface area (Å²) in [6.07, 6.45) is 2.87. The molecule has 0 amide bonds. The molecule has 0 N–H and O–H groups in total. The van der Waals surface area contributed by atoms with E-state index in [-0.39, 0.29) is 11.9 Å². The fourth-order valence-corrected chi connectivity index (χ4v) is 1.54. The molecular formula is C11H19BN2O2. The molecule has 0 aromatic carbocycles. The van der Waals surface area contributed by atoms with Gasteiger partial charge in [0.2, 0.25) is 0 Å². The van der Waals surface area contributed by atoms with Crippen molar-refractivity contribution in [2.75, 3.05) is 7.11 Å². The van der Waals surface area contributed by atoms with Crippen LogP contribution in [0.3, 0.4) is 0 Å². The van der Waals surface area contributed by atoms with Crippen LogP contribution in [-0.4, -0.2) is 32.1 Å². The van der Waals surface area contributed by atoms with Crippen molar-refractivity contribution in [1.29, 1.82) is 0 Å². The second kappa shape index (κ2) is 7.09. The maximum atomic E-state index is 11.9. The van der Waals surface area contributed by atoms with E-state index in [1.165, 1.54) is 14.2 Å². The fraction of sp³-hybridized carbons (Fsp3) is 0.636. The van der Waals surface area contributed by atoms with Gasteiger partial charge in [-0.3, -0.25) is 0 Å². The van der Waals surface area contributed by atoms with E-state index in [2.05, 4.69) is 23.2 Å². The number of hydrogen-bond donors (Lipinski definition) is 0. The van der Waals surface area contributed by atoms with E-state index in [0.717, 1.165) is 6.42 Å². The van der Waals surface area contributed by atoms with Crippen LogP contribution in [0.25, 0.3) is 0 Å². The Kier molecular flexibility index (Phi) is 6.53. The molecule has 16 heavy (non-hydrogen) atoms. The summed E-state index contributed by atoms with van der Waals surface area (Å²) in [5.74, 6) is -0.353. The van der Waals surface area contributed by atoms with Crippen molar-refractivity contribution < 1.29 is 9.53 Å².